The van der Waals surface area contributed by atoms with E-state index in [2.05, 4.69) is 45.8 Å². The Bertz CT molecular complexity index is 813. The molecule has 0 aromatic carbocycles. The average molecular weight is 482 g/mol. The van der Waals surface area contributed by atoms with E-state index >= 15 is 0 Å². The minimum absolute atomic E-state index is 0.206. The second kappa shape index (κ2) is 10.5. The van der Waals surface area contributed by atoms with Crippen molar-refractivity contribution in [2.24, 2.45) is 11.3 Å². The van der Waals surface area contributed by atoms with Crippen molar-refractivity contribution in [3.8, 4) is 0 Å². The Hall–Kier alpha value is -1.02. The molecule has 7 heteroatoms. The minimum atomic E-state index is -1.74. The molecule has 1 aromatic rings. The average Bonchev–Trinajstić information content (AvgIpc) is 3.08. The Morgan fingerprint density at radius 3 is 2.66 bits per heavy atom. The summed E-state index contributed by atoms with van der Waals surface area (Å²) in [6, 6.07) is 0. The van der Waals surface area contributed by atoms with E-state index in [4.69, 9.17) is 9.16 Å². The molecule has 1 fully saturated rings. The van der Waals surface area contributed by atoms with Gasteiger partial charge < -0.3 is 14.3 Å². The van der Waals surface area contributed by atoms with Gasteiger partial charge in [0, 0.05) is 18.4 Å². The van der Waals surface area contributed by atoms with Crippen molar-refractivity contribution in [2.45, 2.75) is 104 Å². The number of esters is 1. The van der Waals surface area contributed by atoms with Gasteiger partial charge in [0.25, 0.3) is 0 Å². The highest BCUT2D eigenvalue weighted by Crippen LogP contribution is 2.40. The van der Waals surface area contributed by atoms with E-state index in [1.807, 2.05) is 32.2 Å². The number of aryl methyl sites for hydroxylation is 1. The van der Waals surface area contributed by atoms with Gasteiger partial charge in [-0.15, -0.1) is 11.3 Å². The fourth-order valence-corrected chi connectivity index (χ4v) is 5.40. The lowest BCUT2D eigenvalue weighted by atomic mass is 9.74. The van der Waals surface area contributed by atoms with Gasteiger partial charge in [-0.1, -0.05) is 34.1 Å². The smallest absolute Gasteiger partial charge is 0.315 e. The first-order valence-electron chi connectivity index (χ1n) is 11.8. The maximum atomic E-state index is 12.9. The van der Waals surface area contributed by atoms with Gasteiger partial charge >= 0.3 is 5.97 Å². The van der Waals surface area contributed by atoms with Crippen LogP contribution in [0, 0.1) is 18.3 Å². The topological polar surface area (TPSA) is 68.7 Å². The summed E-state index contributed by atoms with van der Waals surface area (Å²) in [6.07, 6.45) is 3.71. The van der Waals surface area contributed by atoms with Crippen molar-refractivity contribution in [3.63, 3.8) is 0 Å². The number of hydrogen-bond donors (Lipinski definition) is 1. The molecule has 1 aromatic heterocycles. The maximum Gasteiger partial charge on any atom is 0.315 e. The lowest BCUT2D eigenvalue weighted by Gasteiger charge is -2.40. The van der Waals surface area contributed by atoms with Crippen LogP contribution in [0.3, 0.4) is 0 Å². The quantitative estimate of drug-likeness (QED) is 0.328. The molecule has 0 saturated carbocycles. The first kappa shape index (κ1) is 27.2. The maximum absolute atomic E-state index is 12.9. The van der Waals surface area contributed by atoms with Crippen LogP contribution in [0.1, 0.15) is 77.9 Å². The lowest BCUT2D eigenvalue weighted by Crippen LogP contribution is -2.49. The number of carbonyl (C=O) groups excluding carboxylic acids is 1. The van der Waals surface area contributed by atoms with Crippen LogP contribution in [0.15, 0.2) is 11.0 Å². The Labute approximate surface area is 199 Å². The normalized spacial score (nSPS) is 26.2. The number of thiazole rings is 1. The molecular formula is C25H43NO4SSi. The van der Waals surface area contributed by atoms with Gasteiger partial charge in [0.15, 0.2) is 8.32 Å². The van der Waals surface area contributed by atoms with Gasteiger partial charge in [-0.05, 0) is 69.3 Å². The summed E-state index contributed by atoms with van der Waals surface area (Å²) in [4.78, 5) is 17.3. The second-order valence-corrected chi connectivity index (χ2v) is 17.2. The fourth-order valence-electron chi connectivity index (χ4n) is 3.70. The van der Waals surface area contributed by atoms with Gasteiger partial charge in [-0.3, -0.25) is 4.79 Å². The molecule has 0 spiro atoms. The Morgan fingerprint density at radius 1 is 1.47 bits per heavy atom. The van der Waals surface area contributed by atoms with E-state index < -0.39 is 25.9 Å². The van der Waals surface area contributed by atoms with Crippen LogP contribution in [0.25, 0.3) is 6.08 Å². The molecule has 1 N–H and O–H groups in total. The van der Waals surface area contributed by atoms with E-state index in [-0.39, 0.29) is 11.0 Å². The van der Waals surface area contributed by atoms with Crippen LogP contribution in [0.5, 0.6) is 0 Å². The van der Waals surface area contributed by atoms with Crippen molar-refractivity contribution in [3.05, 3.63) is 21.7 Å². The molecule has 2 rings (SSSR count). The monoisotopic (exact) mass is 481 g/mol. The predicted molar refractivity (Wildman–Crippen MR) is 135 cm³/mol. The zero-order chi connectivity index (χ0) is 24.3. The summed E-state index contributed by atoms with van der Waals surface area (Å²) in [5.74, 6) is 0.123. The zero-order valence-electron chi connectivity index (χ0n) is 21.4. The minimum Gasteiger partial charge on any atom is -0.457 e. The van der Waals surface area contributed by atoms with Gasteiger partial charge in [-0.25, -0.2) is 4.98 Å². The summed E-state index contributed by atoms with van der Waals surface area (Å²) in [5.41, 5.74) is 0.938. The molecule has 1 aliphatic heterocycles. The van der Waals surface area contributed by atoms with Crippen molar-refractivity contribution in [1.82, 2.24) is 4.98 Å². The summed E-state index contributed by atoms with van der Waals surface area (Å²) in [5, 5.41) is 14.1. The van der Waals surface area contributed by atoms with E-state index in [9.17, 15) is 9.90 Å². The second-order valence-electron chi connectivity index (χ2n) is 11.3. The summed E-state index contributed by atoms with van der Waals surface area (Å²) in [6.45, 7) is 20.0. The van der Waals surface area contributed by atoms with E-state index in [0.29, 0.717) is 18.8 Å². The third-order valence-electron chi connectivity index (χ3n) is 7.34. The Balaban J connectivity index is 1.88. The Kier molecular flexibility index (Phi) is 8.93. The molecule has 0 radical (unpaired) electrons. The first-order chi connectivity index (χ1) is 14.7. The van der Waals surface area contributed by atoms with Gasteiger partial charge in [0.05, 0.1) is 22.2 Å². The molecule has 0 aliphatic carbocycles. The van der Waals surface area contributed by atoms with Crippen LogP contribution in [0.4, 0.5) is 0 Å². The molecule has 1 saturated heterocycles. The summed E-state index contributed by atoms with van der Waals surface area (Å²) >= 11 is 1.59. The summed E-state index contributed by atoms with van der Waals surface area (Å²) in [7, 11) is -1.74. The number of aliphatic hydroxyl groups is 1. The highest BCUT2D eigenvalue weighted by atomic mass is 32.1. The van der Waals surface area contributed by atoms with Gasteiger partial charge in [0.1, 0.15) is 6.10 Å². The molecule has 32 heavy (non-hydrogen) atoms. The molecule has 0 bridgehead atoms. The number of rotatable bonds is 9. The molecule has 4 atom stereocenters. The molecule has 5 nitrogen and oxygen atoms in total. The predicted octanol–water partition coefficient (Wildman–Crippen LogP) is 6.37. The number of nitrogens with zero attached hydrogens (tertiary/aromatic N) is 1. The summed E-state index contributed by atoms with van der Waals surface area (Å²) < 4.78 is 12.1. The van der Waals surface area contributed by atoms with Crippen LogP contribution >= 0.6 is 11.3 Å². The first-order valence-corrected chi connectivity index (χ1v) is 15.6. The Morgan fingerprint density at radius 2 is 2.12 bits per heavy atom. The van der Waals surface area contributed by atoms with Crippen molar-refractivity contribution in [2.75, 3.05) is 6.61 Å². The molecule has 182 valence electrons. The molecule has 1 aliphatic rings. The third-order valence-corrected chi connectivity index (χ3v) is 12.6. The molecule has 0 unspecified atom stereocenters. The van der Waals surface area contributed by atoms with Gasteiger partial charge in [-0.2, -0.15) is 0 Å². The number of ether oxygens (including phenoxy) is 1. The van der Waals surface area contributed by atoms with E-state index in [0.717, 1.165) is 35.7 Å². The largest absolute Gasteiger partial charge is 0.457 e. The van der Waals surface area contributed by atoms with E-state index in [1.165, 1.54) is 0 Å². The van der Waals surface area contributed by atoms with Crippen molar-refractivity contribution >= 4 is 31.7 Å². The number of cyclic esters (lactones) is 1. The van der Waals surface area contributed by atoms with Crippen molar-refractivity contribution in [1.29, 1.82) is 0 Å². The van der Waals surface area contributed by atoms with Crippen LogP contribution in [-0.2, 0) is 14.0 Å². The highest BCUT2D eigenvalue weighted by molar-refractivity contribution is 7.09. The standard InChI is InChI=1S/C25H43NO4SSi/c1-17(15-29-32(8,9)24(4,5)6)11-10-12-25(7)22(27)14-21(30-23(25)28)18(2)13-20-16-31-19(3)26-20/h13,16-17,21-22,27H,10-12,14-15H2,1-9H3/b18-13+/t17-,21-,22+,25-/m0/s1. The molecule has 2 heterocycles. The third kappa shape index (κ3) is 6.75. The number of hydrogen-bond acceptors (Lipinski definition) is 6. The van der Waals surface area contributed by atoms with Crippen molar-refractivity contribution < 1.29 is 19.1 Å². The molecule has 0 amide bonds. The number of carbonyl (C=O) groups is 1. The fraction of sp³-hybridized carbons (Fsp3) is 0.760. The van der Waals surface area contributed by atoms with Gasteiger partial charge in [0.2, 0.25) is 0 Å². The number of aromatic nitrogens is 1. The lowest BCUT2D eigenvalue weighted by molar-refractivity contribution is -0.180. The zero-order valence-corrected chi connectivity index (χ0v) is 23.3. The SMILES string of the molecule is C/C(=C\c1csc(C)n1)[C@@H]1C[C@@H](O)[C@](C)(CCC[C@H](C)CO[Si](C)(C)C(C)(C)C)C(=O)O1. The van der Waals surface area contributed by atoms with Crippen LogP contribution in [0.2, 0.25) is 18.1 Å². The number of aliphatic hydroxyl groups excluding tert-OH is 1. The highest BCUT2D eigenvalue weighted by Gasteiger charge is 2.47. The van der Waals surface area contributed by atoms with E-state index in [1.54, 1.807) is 11.3 Å². The van der Waals surface area contributed by atoms with Crippen LogP contribution < -0.4 is 0 Å². The molecular weight excluding hydrogens is 438 g/mol. The van der Waals surface area contributed by atoms with Crippen LogP contribution in [-0.4, -0.2) is 43.2 Å².